The molecule has 7 heteroatoms. The highest BCUT2D eigenvalue weighted by Gasteiger charge is 2.46. The largest absolute Gasteiger partial charge is 0.497 e. The first kappa shape index (κ1) is 21.4. The SMILES string of the molecule is COc1ccc(NC(=O)CC2C(=O)N(c3ccccc3)C(=O)N2CCC(C)C)cc1. The molecule has 1 heterocycles. The lowest BCUT2D eigenvalue weighted by Gasteiger charge is -2.22. The Morgan fingerprint density at radius 2 is 1.73 bits per heavy atom. The smallest absolute Gasteiger partial charge is 0.332 e. The van der Waals surface area contributed by atoms with Crippen LogP contribution in [0.15, 0.2) is 54.6 Å². The van der Waals surface area contributed by atoms with Crippen LogP contribution in [0, 0.1) is 5.92 Å². The van der Waals surface area contributed by atoms with Crippen molar-refractivity contribution in [3.8, 4) is 5.75 Å². The summed E-state index contributed by atoms with van der Waals surface area (Å²) < 4.78 is 5.11. The maximum Gasteiger partial charge on any atom is 0.332 e. The van der Waals surface area contributed by atoms with E-state index in [1.54, 1.807) is 55.6 Å². The molecule has 0 radical (unpaired) electrons. The minimum absolute atomic E-state index is 0.0992. The maximum absolute atomic E-state index is 13.1. The van der Waals surface area contributed by atoms with E-state index in [1.165, 1.54) is 9.80 Å². The van der Waals surface area contributed by atoms with E-state index in [9.17, 15) is 14.4 Å². The van der Waals surface area contributed by atoms with E-state index in [2.05, 4.69) is 19.2 Å². The van der Waals surface area contributed by atoms with E-state index in [4.69, 9.17) is 4.74 Å². The van der Waals surface area contributed by atoms with Crippen molar-refractivity contribution in [1.82, 2.24) is 4.90 Å². The molecule has 2 aromatic carbocycles. The Balaban J connectivity index is 1.77. The highest BCUT2D eigenvalue weighted by Crippen LogP contribution is 2.27. The van der Waals surface area contributed by atoms with Crippen LogP contribution in [0.1, 0.15) is 26.7 Å². The molecule has 1 aliphatic rings. The zero-order valence-corrected chi connectivity index (χ0v) is 17.5. The average Bonchev–Trinajstić information content (AvgIpc) is 2.96. The highest BCUT2D eigenvalue weighted by molar-refractivity contribution is 6.22. The van der Waals surface area contributed by atoms with Crippen LogP contribution in [0.3, 0.4) is 0 Å². The number of hydrogen-bond acceptors (Lipinski definition) is 4. The molecule has 30 heavy (non-hydrogen) atoms. The third-order valence-corrected chi connectivity index (χ3v) is 5.03. The van der Waals surface area contributed by atoms with Gasteiger partial charge in [-0.25, -0.2) is 9.69 Å². The summed E-state index contributed by atoms with van der Waals surface area (Å²) in [5, 5.41) is 2.79. The molecule has 7 nitrogen and oxygen atoms in total. The van der Waals surface area contributed by atoms with Gasteiger partial charge in [-0.3, -0.25) is 9.59 Å². The molecule has 1 aliphatic heterocycles. The van der Waals surface area contributed by atoms with Gasteiger partial charge in [0.25, 0.3) is 5.91 Å². The van der Waals surface area contributed by atoms with Crippen molar-refractivity contribution < 1.29 is 19.1 Å². The Kier molecular flexibility index (Phi) is 6.72. The first-order valence-electron chi connectivity index (χ1n) is 10.0. The fraction of sp³-hybridized carbons (Fsp3) is 0.348. The van der Waals surface area contributed by atoms with Crippen LogP contribution in [-0.2, 0) is 9.59 Å². The summed E-state index contributed by atoms with van der Waals surface area (Å²) in [6.45, 7) is 4.54. The molecular formula is C23H27N3O4. The van der Waals surface area contributed by atoms with Gasteiger partial charge in [-0.15, -0.1) is 0 Å². The molecule has 1 unspecified atom stereocenters. The number of anilines is 2. The highest BCUT2D eigenvalue weighted by atomic mass is 16.5. The van der Waals surface area contributed by atoms with E-state index >= 15 is 0 Å². The summed E-state index contributed by atoms with van der Waals surface area (Å²) in [5.74, 6) is 0.353. The van der Waals surface area contributed by atoms with Gasteiger partial charge < -0.3 is 15.0 Å². The zero-order chi connectivity index (χ0) is 21.7. The molecule has 158 valence electrons. The minimum Gasteiger partial charge on any atom is -0.497 e. The molecule has 3 rings (SSSR count). The Labute approximate surface area is 176 Å². The predicted octanol–water partition coefficient (Wildman–Crippen LogP) is 3.91. The molecule has 0 aliphatic carbocycles. The molecule has 0 bridgehead atoms. The first-order valence-corrected chi connectivity index (χ1v) is 10.0. The van der Waals surface area contributed by atoms with Crippen LogP contribution >= 0.6 is 0 Å². The third-order valence-electron chi connectivity index (χ3n) is 5.03. The topological polar surface area (TPSA) is 79.0 Å². The fourth-order valence-corrected chi connectivity index (χ4v) is 3.36. The molecule has 2 aromatic rings. The molecule has 0 aromatic heterocycles. The molecular weight excluding hydrogens is 382 g/mol. The summed E-state index contributed by atoms with van der Waals surface area (Å²) in [5.41, 5.74) is 1.12. The number of amides is 4. The molecule has 0 saturated carbocycles. The number of benzene rings is 2. The quantitative estimate of drug-likeness (QED) is 0.671. The Morgan fingerprint density at radius 1 is 1.07 bits per heavy atom. The van der Waals surface area contributed by atoms with E-state index in [0.29, 0.717) is 29.6 Å². The number of ether oxygens (including phenoxy) is 1. The third kappa shape index (κ3) is 4.79. The maximum atomic E-state index is 13.1. The van der Waals surface area contributed by atoms with E-state index in [-0.39, 0.29) is 24.3 Å². The molecule has 1 N–H and O–H groups in total. The number of imide groups is 1. The molecule has 1 atom stereocenters. The van der Waals surface area contributed by atoms with Gasteiger partial charge in [0.1, 0.15) is 11.8 Å². The lowest BCUT2D eigenvalue weighted by Crippen LogP contribution is -2.39. The monoisotopic (exact) mass is 409 g/mol. The number of urea groups is 1. The van der Waals surface area contributed by atoms with Crippen LogP contribution in [0.5, 0.6) is 5.75 Å². The minimum atomic E-state index is -0.824. The van der Waals surface area contributed by atoms with Crippen LogP contribution in [0.4, 0.5) is 16.2 Å². The number of methoxy groups -OCH3 is 1. The second-order valence-corrected chi connectivity index (χ2v) is 7.66. The molecule has 1 fully saturated rings. The number of nitrogens with one attached hydrogen (secondary N) is 1. The van der Waals surface area contributed by atoms with Gasteiger partial charge in [-0.1, -0.05) is 32.0 Å². The van der Waals surface area contributed by atoms with Crippen LogP contribution < -0.4 is 15.0 Å². The summed E-state index contributed by atoms with van der Waals surface area (Å²) in [6.07, 6.45) is 0.649. The Bertz CT molecular complexity index is 896. The number of carbonyl (C=O) groups is 3. The van der Waals surface area contributed by atoms with Gasteiger partial charge in [-0.2, -0.15) is 0 Å². The summed E-state index contributed by atoms with van der Waals surface area (Å²) >= 11 is 0. The normalized spacial score (nSPS) is 16.3. The van der Waals surface area contributed by atoms with Crippen molar-refractivity contribution in [3.05, 3.63) is 54.6 Å². The zero-order valence-electron chi connectivity index (χ0n) is 17.5. The second-order valence-electron chi connectivity index (χ2n) is 7.66. The van der Waals surface area contributed by atoms with Crippen LogP contribution in [0.25, 0.3) is 0 Å². The van der Waals surface area contributed by atoms with Crippen LogP contribution in [-0.4, -0.2) is 42.4 Å². The van der Waals surface area contributed by atoms with Crippen molar-refractivity contribution in [1.29, 1.82) is 0 Å². The number of rotatable bonds is 8. The van der Waals surface area contributed by atoms with Gasteiger partial charge in [-0.05, 0) is 48.7 Å². The van der Waals surface area contributed by atoms with Gasteiger partial charge in [0.05, 0.1) is 19.2 Å². The van der Waals surface area contributed by atoms with E-state index in [0.717, 1.165) is 6.42 Å². The van der Waals surface area contributed by atoms with Crippen molar-refractivity contribution in [2.75, 3.05) is 23.9 Å². The fourth-order valence-electron chi connectivity index (χ4n) is 3.36. The lowest BCUT2D eigenvalue weighted by atomic mass is 10.1. The lowest BCUT2D eigenvalue weighted by molar-refractivity contribution is -0.124. The van der Waals surface area contributed by atoms with Crippen molar-refractivity contribution in [2.24, 2.45) is 5.92 Å². The number of nitrogens with zero attached hydrogens (tertiary/aromatic N) is 2. The summed E-state index contributed by atoms with van der Waals surface area (Å²) in [7, 11) is 1.57. The Hall–Kier alpha value is -3.35. The van der Waals surface area contributed by atoms with Gasteiger partial charge >= 0.3 is 6.03 Å². The molecule has 0 spiro atoms. The standard InChI is InChI=1S/C23H27N3O4/c1-16(2)13-14-25-20(15-21(27)24-17-9-11-19(30-3)12-10-17)22(28)26(23(25)29)18-7-5-4-6-8-18/h4-12,16,20H,13-15H2,1-3H3,(H,24,27). The van der Waals surface area contributed by atoms with Crippen molar-refractivity contribution in [3.63, 3.8) is 0 Å². The van der Waals surface area contributed by atoms with Gasteiger partial charge in [0.15, 0.2) is 0 Å². The van der Waals surface area contributed by atoms with E-state index in [1.807, 2.05) is 6.07 Å². The summed E-state index contributed by atoms with van der Waals surface area (Å²) in [4.78, 5) is 41.5. The van der Waals surface area contributed by atoms with Crippen LogP contribution in [0.2, 0.25) is 0 Å². The van der Waals surface area contributed by atoms with Gasteiger partial charge in [0.2, 0.25) is 5.91 Å². The number of carbonyl (C=O) groups excluding carboxylic acids is 3. The molecule has 1 saturated heterocycles. The second kappa shape index (κ2) is 9.43. The van der Waals surface area contributed by atoms with Gasteiger partial charge in [0, 0.05) is 12.2 Å². The summed E-state index contributed by atoms with van der Waals surface area (Å²) in [6, 6.07) is 14.5. The van der Waals surface area contributed by atoms with Crippen molar-refractivity contribution in [2.45, 2.75) is 32.7 Å². The number of para-hydroxylation sites is 1. The number of hydrogen-bond donors (Lipinski definition) is 1. The molecule has 4 amide bonds. The van der Waals surface area contributed by atoms with Crippen molar-refractivity contribution >= 4 is 29.2 Å². The Morgan fingerprint density at radius 3 is 2.33 bits per heavy atom. The predicted molar refractivity (Wildman–Crippen MR) is 116 cm³/mol. The average molecular weight is 409 g/mol. The van der Waals surface area contributed by atoms with E-state index < -0.39 is 6.04 Å². The first-order chi connectivity index (χ1) is 14.4.